The summed E-state index contributed by atoms with van der Waals surface area (Å²) in [6, 6.07) is 4.85. The van der Waals surface area contributed by atoms with E-state index in [0.717, 1.165) is 44.2 Å². The molecule has 23 heavy (non-hydrogen) atoms. The SMILES string of the molecule is NC(C12CC3CC(CC(O)(C3)C1)C2)S(=O)(=O)c1ccc(F)cc1. The Bertz CT molecular complexity index is 717. The lowest BCUT2D eigenvalue weighted by Crippen LogP contribution is -2.62. The smallest absolute Gasteiger partial charge is 0.194 e. The van der Waals surface area contributed by atoms with Gasteiger partial charge in [0.2, 0.25) is 0 Å². The molecule has 0 heterocycles. The van der Waals surface area contributed by atoms with Gasteiger partial charge in [-0.1, -0.05) is 0 Å². The highest BCUT2D eigenvalue weighted by Crippen LogP contribution is 2.63. The summed E-state index contributed by atoms with van der Waals surface area (Å²) in [5.41, 5.74) is 4.99. The average molecular weight is 339 g/mol. The molecular weight excluding hydrogens is 317 g/mol. The lowest BCUT2D eigenvalue weighted by Gasteiger charge is -2.61. The van der Waals surface area contributed by atoms with E-state index in [1.165, 1.54) is 12.1 Å². The number of benzene rings is 1. The van der Waals surface area contributed by atoms with E-state index in [1.807, 2.05) is 0 Å². The number of halogens is 1. The quantitative estimate of drug-likeness (QED) is 0.828. The van der Waals surface area contributed by atoms with Gasteiger partial charge in [0.05, 0.1) is 10.5 Å². The highest BCUT2D eigenvalue weighted by molar-refractivity contribution is 7.92. The Morgan fingerprint density at radius 2 is 1.70 bits per heavy atom. The second kappa shape index (κ2) is 4.77. The number of nitrogens with two attached hydrogens (primary N) is 1. The van der Waals surface area contributed by atoms with Crippen molar-refractivity contribution in [1.82, 2.24) is 0 Å². The first-order chi connectivity index (χ1) is 10.7. The van der Waals surface area contributed by atoms with E-state index in [4.69, 9.17) is 5.73 Å². The van der Waals surface area contributed by atoms with Crippen molar-refractivity contribution < 1.29 is 17.9 Å². The van der Waals surface area contributed by atoms with Gasteiger partial charge in [0.15, 0.2) is 9.84 Å². The topological polar surface area (TPSA) is 80.4 Å². The van der Waals surface area contributed by atoms with Gasteiger partial charge in [-0.15, -0.1) is 0 Å². The summed E-state index contributed by atoms with van der Waals surface area (Å²) < 4.78 is 38.9. The highest BCUT2D eigenvalue weighted by Gasteiger charge is 2.61. The zero-order valence-electron chi connectivity index (χ0n) is 12.9. The van der Waals surface area contributed by atoms with Gasteiger partial charge < -0.3 is 10.8 Å². The van der Waals surface area contributed by atoms with Crippen LogP contribution in [0.3, 0.4) is 0 Å². The minimum absolute atomic E-state index is 0.0640. The van der Waals surface area contributed by atoms with Crippen LogP contribution < -0.4 is 5.73 Å². The standard InChI is InChI=1S/C17H22FNO3S/c18-13-1-3-14(4-2-13)23(21,22)15(19)16-6-11-5-12(7-16)9-17(20,8-11)10-16/h1-4,11-12,15,20H,5-10,19H2. The van der Waals surface area contributed by atoms with E-state index in [1.54, 1.807) is 0 Å². The molecule has 0 aliphatic heterocycles. The van der Waals surface area contributed by atoms with E-state index in [9.17, 15) is 17.9 Å². The maximum absolute atomic E-state index is 13.1. The molecule has 6 heteroatoms. The molecule has 4 aliphatic carbocycles. The van der Waals surface area contributed by atoms with Gasteiger partial charge in [0, 0.05) is 5.41 Å². The molecule has 0 aromatic heterocycles. The second-order valence-electron chi connectivity index (χ2n) is 7.97. The van der Waals surface area contributed by atoms with E-state index >= 15 is 0 Å². The third kappa shape index (κ3) is 2.34. The van der Waals surface area contributed by atoms with Crippen LogP contribution in [0.25, 0.3) is 0 Å². The molecule has 4 nitrogen and oxygen atoms in total. The molecule has 0 saturated heterocycles. The molecule has 0 radical (unpaired) electrons. The normalized spacial score (nSPS) is 40.3. The number of sulfone groups is 1. The van der Waals surface area contributed by atoms with Gasteiger partial charge in [-0.25, -0.2) is 12.8 Å². The van der Waals surface area contributed by atoms with Crippen LogP contribution in [0.5, 0.6) is 0 Å². The molecule has 126 valence electrons. The maximum Gasteiger partial charge on any atom is 0.194 e. The maximum atomic E-state index is 13.1. The number of hydrogen-bond acceptors (Lipinski definition) is 4. The number of hydrogen-bond donors (Lipinski definition) is 2. The fourth-order valence-electron chi connectivity index (χ4n) is 5.72. The Hall–Kier alpha value is -0.980. The van der Waals surface area contributed by atoms with Crippen molar-refractivity contribution in [3.05, 3.63) is 30.1 Å². The Morgan fingerprint density at radius 3 is 2.22 bits per heavy atom. The third-order valence-electron chi connectivity index (χ3n) is 6.16. The van der Waals surface area contributed by atoms with Gasteiger partial charge in [0.1, 0.15) is 11.2 Å². The first-order valence-electron chi connectivity index (χ1n) is 8.20. The van der Waals surface area contributed by atoms with Crippen LogP contribution in [-0.4, -0.2) is 24.5 Å². The summed E-state index contributed by atoms with van der Waals surface area (Å²) in [5.74, 6) is 0.271. The summed E-state index contributed by atoms with van der Waals surface area (Å²) in [6.45, 7) is 0. The Morgan fingerprint density at radius 1 is 1.13 bits per heavy atom. The molecular formula is C17H22FNO3S. The van der Waals surface area contributed by atoms with Gasteiger partial charge in [-0.3, -0.25) is 0 Å². The van der Waals surface area contributed by atoms with Crippen molar-refractivity contribution in [3.63, 3.8) is 0 Å². The fraction of sp³-hybridized carbons (Fsp3) is 0.647. The summed E-state index contributed by atoms with van der Waals surface area (Å²) in [5, 5.41) is 9.75. The fourth-order valence-corrected chi connectivity index (χ4v) is 7.46. The van der Waals surface area contributed by atoms with Crippen molar-refractivity contribution >= 4 is 9.84 Å². The molecule has 3 atom stereocenters. The summed E-state index contributed by atoms with van der Waals surface area (Å²) in [6.07, 6.45) is 4.63. The molecule has 4 saturated carbocycles. The molecule has 0 spiro atoms. The van der Waals surface area contributed by atoms with Crippen molar-refractivity contribution in [3.8, 4) is 0 Å². The first kappa shape index (κ1) is 15.5. The molecule has 4 fully saturated rings. The minimum atomic E-state index is -3.75. The van der Waals surface area contributed by atoms with Crippen LogP contribution in [0.2, 0.25) is 0 Å². The first-order valence-corrected chi connectivity index (χ1v) is 9.75. The minimum Gasteiger partial charge on any atom is -0.390 e. The zero-order chi connectivity index (χ0) is 16.5. The Labute approximate surface area is 135 Å². The predicted molar refractivity (Wildman–Crippen MR) is 83.6 cm³/mol. The van der Waals surface area contributed by atoms with Gasteiger partial charge in [-0.05, 0) is 74.6 Å². The van der Waals surface area contributed by atoms with Gasteiger partial charge in [0.25, 0.3) is 0 Å². The highest BCUT2D eigenvalue weighted by atomic mass is 32.2. The van der Waals surface area contributed by atoms with Crippen molar-refractivity contribution in [2.24, 2.45) is 23.0 Å². The molecule has 1 aromatic carbocycles. The predicted octanol–water partition coefficient (Wildman–Crippen LogP) is 2.22. The van der Waals surface area contributed by atoms with Crippen molar-refractivity contribution in [2.45, 2.75) is 54.4 Å². The summed E-state index contributed by atoms with van der Waals surface area (Å²) >= 11 is 0. The number of aliphatic hydroxyl groups is 1. The Balaban J connectivity index is 1.71. The molecule has 3 unspecified atom stereocenters. The monoisotopic (exact) mass is 339 g/mol. The van der Waals surface area contributed by atoms with Crippen LogP contribution in [0.4, 0.5) is 4.39 Å². The van der Waals surface area contributed by atoms with E-state index in [-0.39, 0.29) is 4.90 Å². The van der Waals surface area contributed by atoms with E-state index < -0.39 is 32.0 Å². The van der Waals surface area contributed by atoms with Crippen LogP contribution >= 0.6 is 0 Å². The molecule has 0 amide bonds. The molecule has 3 N–H and O–H groups in total. The summed E-state index contributed by atoms with van der Waals surface area (Å²) in [7, 11) is -3.75. The van der Waals surface area contributed by atoms with Gasteiger partial charge >= 0.3 is 0 Å². The summed E-state index contributed by atoms with van der Waals surface area (Å²) in [4.78, 5) is 0.0640. The van der Waals surface area contributed by atoms with Crippen LogP contribution in [0.1, 0.15) is 38.5 Å². The van der Waals surface area contributed by atoms with Crippen molar-refractivity contribution in [1.29, 1.82) is 0 Å². The van der Waals surface area contributed by atoms with Crippen LogP contribution in [-0.2, 0) is 9.84 Å². The zero-order valence-corrected chi connectivity index (χ0v) is 13.7. The van der Waals surface area contributed by atoms with Gasteiger partial charge in [-0.2, -0.15) is 0 Å². The lowest BCUT2D eigenvalue weighted by molar-refractivity contribution is -0.163. The lowest BCUT2D eigenvalue weighted by atomic mass is 9.48. The molecule has 5 rings (SSSR count). The largest absolute Gasteiger partial charge is 0.390 e. The second-order valence-corrected chi connectivity index (χ2v) is 10.0. The molecule has 1 aromatic rings. The Kier molecular flexibility index (Phi) is 3.22. The number of rotatable bonds is 3. The molecule has 4 aliphatic rings. The van der Waals surface area contributed by atoms with Crippen LogP contribution in [0, 0.1) is 23.1 Å². The van der Waals surface area contributed by atoms with Crippen molar-refractivity contribution in [2.75, 3.05) is 0 Å². The van der Waals surface area contributed by atoms with E-state index in [0.29, 0.717) is 18.3 Å². The molecule has 4 bridgehead atoms. The van der Waals surface area contributed by atoms with E-state index in [2.05, 4.69) is 0 Å². The third-order valence-corrected chi connectivity index (χ3v) is 8.25. The van der Waals surface area contributed by atoms with Crippen LogP contribution in [0.15, 0.2) is 29.2 Å². The average Bonchev–Trinajstić information content (AvgIpc) is 2.44.